The van der Waals surface area contributed by atoms with E-state index in [0.717, 1.165) is 0 Å². The Morgan fingerprint density at radius 2 is 2.21 bits per heavy atom. The summed E-state index contributed by atoms with van der Waals surface area (Å²) in [4.78, 5) is 21.5. The Bertz CT molecular complexity index is 534. The van der Waals surface area contributed by atoms with E-state index >= 15 is 0 Å². The number of carbonyl (C=O) groups is 1. The highest BCUT2D eigenvalue weighted by Gasteiger charge is 2.14. The predicted molar refractivity (Wildman–Crippen MR) is 69.6 cm³/mol. The third-order valence-corrected chi connectivity index (χ3v) is 2.22. The number of anilines is 1. The Kier molecular flexibility index (Phi) is 4.83. The van der Waals surface area contributed by atoms with Gasteiger partial charge in [-0.15, -0.1) is 0 Å². The van der Waals surface area contributed by atoms with Crippen LogP contribution in [-0.2, 0) is 4.79 Å². The van der Waals surface area contributed by atoms with Crippen molar-refractivity contribution in [2.45, 2.75) is 19.9 Å². The van der Waals surface area contributed by atoms with Crippen LogP contribution in [-0.4, -0.2) is 23.4 Å². The number of rotatable bonds is 5. The summed E-state index contributed by atoms with van der Waals surface area (Å²) in [6, 6.07) is 5.89. The second-order valence-electron chi connectivity index (χ2n) is 4.18. The van der Waals surface area contributed by atoms with Gasteiger partial charge in [-0.25, -0.2) is 0 Å². The SMILES string of the molecule is CC(C)NC(=O)CNc1ccc(C#N)c([N+](=O)[O-])c1. The second kappa shape index (κ2) is 6.35. The van der Waals surface area contributed by atoms with Crippen molar-refractivity contribution in [1.29, 1.82) is 5.26 Å². The fourth-order valence-corrected chi connectivity index (χ4v) is 1.44. The minimum atomic E-state index is -0.627. The van der Waals surface area contributed by atoms with Gasteiger partial charge < -0.3 is 10.6 Å². The molecule has 0 aliphatic heterocycles. The zero-order chi connectivity index (χ0) is 14.4. The second-order valence-corrected chi connectivity index (χ2v) is 4.18. The normalized spacial score (nSPS) is 9.79. The molecule has 0 spiro atoms. The van der Waals surface area contributed by atoms with Crippen LogP contribution < -0.4 is 10.6 Å². The summed E-state index contributed by atoms with van der Waals surface area (Å²) >= 11 is 0. The van der Waals surface area contributed by atoms with Gasteiger partial charge in [0.1, 0.15) is 11.6 Å². The standard InChI is InChI=1S/C12H14N4O3/c1-8(2)15-12(17)7-14-10-4-3-9(6-13)11(5-10)16(18)19/h3-5,8,14H,7H2,1-2H3,(H,15,17). The Hall–Kier alpha value is -2.62. The Balaban J connectivity index is 2.76. The maximum Gasteiger partial charge on any atom is 0.289 e. The average molecular weight is 262 g/mol. The first kappa shape index (κ1) is 14.4. The lowest BCUT2D eigenvalue weighted by Gasteiger charge is -2.10. The fraction of sp³-hybridized carbons (Fsp3) is 0.333. The van der Waals surface area contributed by atoms with Crippen molar-refractivity contribution in [2.75, 3.05) is 11.9 Å². The summed E-state index contributed by atoms with van der Waals surface area (Å²) in [5.41, 5.74) is 0.128. The van der Waals surface area contributed by atoms with Gasteiger partial charge in [0.15, 0.2) is 0 Å². The maximum atomic E-state index is 11.4. The summed E-state index contributed by atoms with van der Waals surface area (Å²) in [7, 11) is 0. The molecule has 7 nitrogen and oxygen atoms in total. The molecule has 0 bridgehead atoms. The van der Waals surface area contributed by atoms with E-state index in [2.05, 4.69) is 10.6 Å². The van der Waals surface area contributed by atoms with Crippen molar-refractivity contribution in [2.24, 2.45) is 0 Å². The number of amides is 1. The van der Waals surface area contributed by atoms with Crippen LogP contribution in [0.25, 0.3) is 0 Å². The van der Waals surface area contributed by atoms with Gasteiger partial charge in [-0.2, -0.15) is 5.26 Å². The van der Waals surface area contributed by atoms with Crippen molar-refractivity contribution >= 4 is 17.3 Å². The van der Waals surface area contributed by atoms with Crippen LogP contribution in [0.15, 0.2) is 18.2 Å². The van der Waals surface area contributed by atoms with E-state index in [0.29, 0.717) is 5.69 Å². The number of nitriles is 1. The molecule has 100 valence electrons. The van der Waals surface area contributed by atoms with Crippen molar-refractivity contribution in [3.63, 3.8) is 0 Å². The van der Waals surface area contributed by atoms with E-state index < -0.39 is 4.92 Å². The molecule has 1 rings (SSSR count). The lowest BCUT2D eigenvalue weighted by atomic mass is 10.2. The molecule has 0 radical (unpaired) electrons. The lowest BCUT2D eigenvalue weighted by molar-refractivity contribution is -0.385. The molecule has 0 aliphatic rings. The van der Waals surface area contributed by atoms with E-state index in [1.165, 1.54) is 18.2 Å². The van der Waals surface area contributed by atoms with Gasteiger partial charge in [0.05, 0.1) is 11.5 Å². The number of nitrogens with zero attached hydrogens (tertiary/aromatic N) is 2. The molecule has 0 fully saturated rings. The fourth-order valence-electron chi connectivity index (χ4n) is 1.44. The topological polar surface area (TPSA) is 108 Å². The van der Waals surface area contributed by atoms with Crippen LogP contribution in [0.1, 0.15) is 19.4 Å². The third kappa shape index (κ3) is 4.27. The molecule has 19 heavy (non-hydrogen) atoms. The maximum absolute atomic E-state index is 11.4. The van der Waals surface area contributed by atoms with Gasteiger partial charge in [-0.05, 0) is 26.0 Å². The molecule has 0 aliphatic carbocycles. The zero-order valence-electron chi connectivity index (χ0n) is 10.6. The number of nitro groups is 1. The number of hydrogen-bond donors (Lipinski definition) is 2. The molecule has 1 aromatic rings. The van der Waals surface area contributed by atoms with E-state index in [1.807, 2.05) is 13.8 Å². The van der Waals surface area contributed by atoms with E-state index in [-0.39, 0.29) is 29.7 Å². The first-order valence-electron chi connectivity index (χ1n) is 5.66. The van der Waals surface area contributed by atoms with Crippen LogP contribution in [0.5, 0.6) is 0 Å². The summed E-state index contributed by atoms with van der Waals surface area (Å²) in [6.45, 7) is 3.69. The van der Waals surface area contributed by atoms with Crippen LogP contribution in [0, 0.1) is 21.4 Å². The Labute approximate surface area is 110 Å². The highest BCUT2D eigenvalue weighted by atomic mass is 16.6. The monoisotopic (exact) mass is 262 g/mol. The average Bonchev–Trinajstić information content (AvgIpc) is 2.35. The van der Waals surface area contributed by atoms with Gasteiger partial charge in [-0.3, -0.25) is 14.9 Å². The number of hydrogen-bond acceptors (Lipinski definition) is 5. The molecular weight excluding hydrogens is 248 g/mol. The zero-order valence-corrected chi connectivity index (χ0v) is 10.6. The molecule has 0 unspecified atom stereocenters. The highest BCUT2D eigenvalue weighted by Crippen LogP contribution is 2.22. The number of nitro benzene ring substituents is 1. The van der Waals surface area contributed by atoms with Gasteiger partial charge in [0.25, 0.3) is 5.69 Å². The van der Waals surface area contributed by atoms with E-state index in [1.54, 1.807) is 6.07 Å². The first-order chi connectivity index (χ1) is 8.93. The number of carbonyl (C=O) groups excluding carboxylic acids is 1. The largest absolute Gasteiger partial charge is 0.376 e. The van der Waals surface area contributed by atoms with Crippen molar-refractivity contribution in [3.8, 4) is 6.07 Å². The first-order valence-corrected chi connectivity index (χ1v) is 5.66. The molecule has 1 aromatic carbocycles. The predicted octanol–water partition coefficient (Wildman–Crippen LogP) is 1.40. The summed E-state index contributed by atoms with van der Waals surface area (Å²) in [5.74, 6) is -0.206. The van der Waals surface area contributed by atoms with Crippen LogP contribution in [0.4, 0.5) is 11.4 Å². The highest BCUT2D eigenvalue weighted by molar-refractivity contribution is 5.81. The quantitative estimate of drug-likeness (QED) is 0.616. The minimum Gasteiger partial charge on any atom is -0.376 e. The van der Waals surface area contributed by atoms with Crippen molar-refractivity contribution in [1.82, 2.24) is 5.32 Å². The van der Waals surface area contributed by atoms with Crippen LogP contribution >= 0.6 is 0 Å². The molecular formula is C12H14N4O3. The van der Waals surface area contributed by atoms with Crippen molar-refractivity contribution in [3.05, 3.63) is 33.9 Å². The molecule has 0 atom stereocenters. The molecule has 2 N–H and O–H groups in total. The molecule has 0 saturated carbocycles. The minimum absolute atomic E-state index is 0.0119. The molecule has 0 heterocycles. The summed E-state index contributed by atoms with van der Waals surface area (Å²) in [5, 5.41) is 25.0. The number of benzene rings is 1. The van der Waals surface area contributed by atoms with Gasteiger partial charge in [0.2, 0.25) is 5.91 Å². The molecule has 0 saturated heterocycles. The van der Waals surface area contributed by atoms with Crippen LogP contribution in [0.2, 0.25) is 0 Å². The molecule has 1 amide bonds. The van der Waals surface area contributed by atoms with Gasteiger partial charge >= 0.3 is 0 Å². The third-order valence-electron chi connectivity index (χ3n) is 2.22. The summed E-state index contributed by atoms with van der Waals surface area (Å²) < 4.78 is 0. The Morgan fingerprint density at radius 1 is 1.53 bits per heavy atom. The van der Waals surface area contributed by atoms with Crippen LogP contribution in [0.3, 0.4) is 0 Å². The van der Waals surface area contributed by atoms with E-state index in [4.69, 9.17) is 5.26 Å². The Morgan fingerprint density at radius 3 is 2.74 bits per heavy atom. The molecule has 0 aromatic heterocycles. The van der Waals surface area contributed by atoms with Gasteiger partial charge in [-0.1, -0.05) is 0 Å². The summed E-state index contributed by atoms with van der Waals surface area (Å²) in [6.07, 6.45) is 0. The van der Waals surface area contributed by atoms with Gasteiger partial charge in [0, 0.05) is 17.8 Å². The lowest BCUT2D eigenvalue weighted by Crippen LogP contribution is -2.34. The van der Waals surface area contributed by atoms with Crippen molar-refractivity contribution < 1.29 is 9.72 Å². The number of nitrogens with one attached hydrogen (secondary N) is 2. The molecule has 7 heteroatoms. The smallest absolute Gasteiger partial charge is 0.289 e. The van der Waals surface area contributed by atoms with E-state index in [9.17, 15) is 14.9 Å².